The number of ether oxygens (including phenoxy) is 1. The number of amides is 1. The molecule has 0 bridgehead atoms. The van der Waals surface area contributed by atoms with Crippen LogP contribution in [0.3, 0.4) is 0 Å². The van der Waals surface area contributed by atoms with Gasteiger partial charge < -0.3 is 9.64 Å². The van der Waals surface area contributed by atoms with E-state index in [4.69, 9.17) is 4.74 Å². The minimum absolute atomic E-state index is 0.273. The molecule has 1 aromatic heterocycles. The third kappa shape index (κ3) is 3.35. The number of aromatic nitrogens is 2. The van der Waals surface area contributed by atoms with Gasteiger partial charge in [0.2, 0.25) is 5.91 Å². The highest BCUT2D eigenvalue weighted by Gasteiger charge is 2.38. The fourth-order valence-corrected chi connectivity index (χ4v) is 4.61. The lowest BCUT2D eigenvalue weighted by atomic mass is 9.90. The molecular formula is C18H28N4O2. The van der Waals surface area contributed by atoms with Crippen molar-refractivity contribution in [3.63, 3.8) is 0 Å². The molecule has 0 radical (unpaired) electrons. The van der Waals surface area contributed by atoms with Crippen molar-refractivity contribution in [3.8, 4) is 0 Å². The van der Waals surface area contributed by atoms with E-state index in [0.29, 0.717) is 31.1 Å². The molecule has 2 aliphatic heterocycles. The number of morpholine rings is 1. The Hall–Kier alpha value is -1.40. The maximum absolute atomic E-state index is 13.0. The van der Waals surface area contributed by atoms with E-state index in [9.17, 15) is 4.79 Å². The van der Waals surface area contributed by atoms with Crippen molar-refractivity contribution in [3.05, 3.63) is 18.5 Å². The second-order valence-corrected chi connectivity index (χ2v) is 7.34. The number of carbonyl (C=O) groups excluding carboxylic acids is 1. The van der Waals surface area contributed by atoms with Crippen LogP contribution >= 0.6 is 0 Å². The average Bonchev–Trinajstić information content (AvgIpc) is 3.27. The Morgan fingerprint density at radius 1 is 1.17 bits per heavy atom. The van der Waals surface area contributed by atoms with Crippen LogP contribution in [0.1, 0.15) is 38.5 Å². The van der Waals surface area contributed by atoms with Gasteiger partial charge in [-0.25, -0.2) is 0 Å². The normalized spacial score (nSPS) is 31.2. The zero-order valence-electron chi connectivity index (χ0n) is 14.3. The summed E-state index contributed by atoms with van der Waals surface area (Å²) in [4.78, 5) is 17.4. The van der Waals surface area contributed by atoms with E-state index < -0.39 is 0 Å². The minimum Gasteiger partial charge on any atom is -0.374 e. The van der Waals surface area contributed by atoms with Crippen molar-refractivity contribution < 1.29 is 9.53 Å². The van der Waals surface area contributed by atoms with Gasteiger partial charge in [-0.3, -0.25) is 14.4 Å². The second kappa shape index (κ2) is 7.23. The van der Waals surface area contributed by atoms with Crippen molar-refractivity contribution in [1.82, 2.24) is 19.6 Å². The van der Waals surface area contributed by atoms with Crippen LogP contribution in [0.4, 0.5) is 0 Å². The van der Waals surface area contributed by atoms with Gasteiger partial charge in [0.1, 0.15) is 0 Å². The molecule has 3 atom stereocenters. The molecule has 1 saturated carbocycles. The van der Waals surface area contributed by atoms with Crippen molar-refractivity contribution in [1.29, 1.82) is 0 Å². The number of rotatable bonds is 4. The molecule has 3 fully saturated rings. The Kier molecular flexibility index (Phi) is 4.85. The van der Waals surface area contributed by atoms with Gasteiger partial charge in [-0.2, -0.15) is 5.10 Å². The molecule has 1 aliphatic carbocycles. The van der Waals surface area contributed by atoms with Gasteiger partial charge in [0.15, 0.2) is 0 Å². The summed E-state index contributed by atoms with van der Waals surface area (Å²) in [6.07, 6.45) is 11.1. The zero-order valence-corrected chi connectivity index (χ0v) is 14.3. The van der Waals surface area contributed by atoms with E-state index in [1.54, 1.807) is 0 Å². The number of hydrogen-bond donors (Lipinski definition) is 0. The molecule has 2 saturated heterocycles. The molecular weight excluding hydrogens is 304 g/mol. The van der Waals surface area contributed by atoms with Crippen LogP contribution in [0.15, 0.2) is 18.5 Å². The molecule has 3 unspecified atom stereocenters. The van der Waals surface area contributed by atoms with Crippen molar-refractivity contribution in [2.24, 2.45) is 0 Å². The predicted octanol–water partition coefficient (Wildman–Crippen LogP) is 1.52. The number of hydrogen-bond acceptors (Lipinski definition) is 4. The lowest BCUT2D eigenvalue weighted by Gasteiger charge is -2.44. The highest BCUT2D eigenvalue weighted by atomic mass is 16.5. The maximum Gasteiger partial charge on any atom is 0.237 e. The van der Waals surface area contributed by atoms with Crippen molar-refractivity contribution in [2.75, 3.05) is 26.2 Å². The first-order chi connectivity index (χ1) is 11.8. The van der Waals surface area contributed by atoms with Gasteiger partial charge in [-0.15, -0.1) is 0 Å². The largest absolute Gasteiger partial charge is 0.374 e. The van der Waals surface area contributed by atoms with Crippen molar-refractivity contribution >= 4 is 5.91 Å². The summed E-state index contributed by atoms with van der Waals surface area (Å²) in [6, 6.07) is 2.70. The fourth-order valence-electron chi connectivity index (χ4n) is 4.61. The van der Waals surface area contributed by atoms with Gasteiger partial charge in [0.25, 0.3) is 0 Å². The standard InChI is InChI=1S/C18H28N4O2/c23-18(22-11-12-24-17-7-2-1-6-16(17)22)14-20-9-3-5-15(20)13-21-10-4-8-19-21/h4,8,10,15-17H,1-3,5-7,9,11-14H2. The number of nitrogens with zero attached hydrogens (tertiary/aromatic N) is 4. The number of carbonyl (C=O) groups is 1. The molecule has 6 heteroatoms. The molecule has 0 N–H and O–H groups in total. The van der Waals surface area contributed by atoms with Crippen LogP contribution in [0.25, 0.3) is 0 Å². The van der Waals surface area contributed by atoms with Crippen LogP contribution in [0.5, 0.6) is 0 Å². The van der Waals surface area contributed by atoms with Crippen LogP contribution < -0.4 is 0 Å². The Morgan fingerprint density at radius 2 is 2.08 bits per heavy atom. The summed E-state index contributed by atoms with van der Waals surface area (Å²) < 4.78 is 7.89. The maximum atomic E-state index is 13.0. The predicted molar refractivity (Wildman–Crippen MR) is 90.5 cm³/mol. The van der Waals surface area contributed by atoms with Crippen LogP contribution in [-0.2, 0) is 16.1 Å². The van der Waals surface area contributed by atoms with E-state index in [1.165, 1.54) is 19.3 Å². The molecule has 24 heavy (non-hydrogen) atoms. The third-order valence-corrected chi connectivity index (χ3v) is 5.85. The SMILES string of the molecule is O=C(CN1CCCC1Cn1cccn1)N1CCOC2CCCCC21. The fraction of sp³-hybridized carbons (Fsp3) is 0.778. The third-order valence-electron chi connectivity index (χ3n) is 5.85. The first-order valence-corrected chi connectivity index (χ1v) is 9.44. The van der Waals surface area contributed by atoms with Gasteiger partial charge >= 0.3 is 0 Å². The summed E-state index contributed by atoms with van der Waals surface area (Å²) in [5.74, 6) is 0.294. The first kappa shape index (κ1) is 16.1. The van der Waals surface area contributed by atoms with E-state index >= 15 is 0 Å². The molecule has 6 nitrogen and oxygen atoms in total. The molecule has 0 aromatic carbocycles. The van der Waals surface area contributed by atoms with E-state index in [0.717, 1.165) is 38.9 Å². The van der Waals surface area contributed by atoms with Crippen LogP contribution in [0.2, 0.25) is 0 Å². The van der Waals surface area contributed by atoms with Crippen LogP contribution in [0, 0.1) is 0 Å². The highest BCUT2D eigenvalue weighted by molar-refractivity contribution is 5.79. The molecule has 4 rings (SSSR count). The lowest BCUT2D eigenvalue weighted by molar-refractivity contribution is -0.150. The van der Waals surface area contributed by atoms with Gasteiger partial charge in [0, 0.05) is 25.0 Å². The Bertz CT molecular complexity index is 545. The topological polar surface area (TPSA) is 50.6 Å². The molecule has 3 aliphatic rings. The zero-order chi connectivity index (χ0) is 16.4. The monoisotopic (exact) mass is 332 g/mol. The van der Waals surface area contributed by atoms with Gasteiger partial charge in [-0.1, -0.05) is 12.8 Å². The summed E-state index contributed by atoms with van der Waals surface area (Å²) in [5, 5.41) is 4.32. The second-order valence-electron chi connectivity index (χ2n) is 7.34. The van der Waals surface area contributed by atoms with Gasteiger partial charge in [0.05, 0.1) is 31.8 Å². The highest BCUT2D eigenvalue weighted by Crippen LogP contribution is 2.29. The molecule has 1 amide bonds. The van der Waals surface area contributed by atoms with E-state index in [1.807, 2.05) is 23.1 Å². The van der Waals surface area contributed by atoms with Crippen LogP contribution in [-0.4, -0.2) is 69.9 Å². The number of likely N-dealkylation sites (tertiary alicyclic amines) is 1. The Labute approximate surface area is 143 Å². The minimum atomic E-state index is 0.273. The van der Waals surface area contributed by atoms with E-state index in [2.05, 4.69) is 14.9 Å². The molecule has 3 heterocycles. The lowest BCUT2D eigenvalue weighted by Crippen LogP contribution is -2.57. The first-order valence-electron chi connectivity index (χ1n) is 9.44. The van der Waals surface area contributed by atoms with Gasteiger partial charge in [-0.05, 0) is 38.3 Å². The smallest absolute Gasteiger partial charge is 0.237 e. The summed E-state index contributed by atoms with van der Waals surface area (Å²) in [6.45, 7) is 3.92. The quantitative estimate of drug-likeness (QED) is 0.839. The van der Waals surface area contributed by atoms with Crippen molar-refractivity contribution in [2.45, 2.75) is 63.3 Å². The summed E-state index contributed by atoms with van der Waals surface area (Å²) in [5.41, 5.74) is 0. The van der Waals surface area contributed by atoms with E-state index in [-0.39, 0.29) is 6.10 Å². The summed E-state index contributed by atoms with van der Waals surface area (Å²) in [7, 11) is 0. The Morgan fingerprint density at radius 3 is 2.96 bits per heavy atom. The number of fused-ring (bicyclic) bond motifs is 1. The summed E-state index contributed by atoms with van der Waals surface area (Å²) >= 11 is 0. The average molecular weight is 332 g/mol. The molecule has 132 valence electrons. The molecule has 1 aromatic rings. The Balaban J connectivity index is 1.37. The molecule has 0 spiro atoms.